The highest BCUT2D eigenvalue weighted by Crippen LogP contribution is 2.15. The quantitative estimate of drug-likeness (QED) is 0.725. The first-order valence-corrected chi connectivity index (χ1v) is 7.30. The summed E-state index contributed by atoms with van der Waals surface area (Å²) in [5.74, 6) is -1.69. The zero-order chi connectivity index (χ0) is 16.9. The summed E-state index contributed by atoms with van der Waals surface area (Å²) in [6.45, 7) is 0. The number of nitrogens with zero attached hydrogens (tertiary/aromatic N) is 1. The standard InChI is InChI=1S/C19H14N2O3/c22-18(14-6-2-1-3-7-14)21-17(19(23)24)11-13-10-15-8-4-5-9-16(15)20-12-13/h1-12H,(H,21,22)(H,23,24)/b17-11+. The topological polar surface area (TPSA) is 79.3 Å². The minimum absolute atomic E-state index is 0.207. The third kappa shape index (κ3) is 3.47. The molecule has 1 heterocycles. The summed E-state index contributed by atoms with van der Waals surface area (Å²) in [5.41, 5.74) is 1.60. The fourth-order valence-corrected chi connectivity index (χ4v) is 2.27. The third-order valence-electron chi connectivity index (χ3n) is 3.44. The monoisotopic (exact) mass is 318 g/mol. The van der Waals surface area contributed by atoms with Gasteiger partial charge in [-0.15, -0.1) is 0 Å². The predicted molar refractivity (Wildman–Crippen MR) is 91.3 cm³/mol. The van der Waals surface area contributed by atoms with E-state index in [0.717, 1.165) is 10.9 Å². The Bertz CT molecular complexity index is 934. The van der Waals surface area contributed by atoms with Crippen molar-refractivity contribution in [1.29, 1.82) is 0 Å². The molecule has 0 atom stereocenters. The summed E-state index contributed by atoms with van der Waals surface area (Å²) in [6.07, 6.45) is 2.96. The van der Waals surface area contributed by atoms with Gasteiger partial charge in [0.25, 0.3) is 5.91 Å². The lowest BCUT2D eigenvalue weighted by molar-refractivity contribution is -0.132. The summed E-state index contributed by atoms with van der Waals surface area (Å²) < 4.78 is 0. The van der Waals surface area contributed by atoms with Gasteiger partial charge >= 0.3 is 5.97 Å². The Labute approximate surface area is 138 Å². The van der Waals surface area contributed by atoms with E-state index in [2.05, 4.69) is 10.3 Å². The number of pyridine rings is 1. The molecule has 3 rings (SSSR count). The van der Waals surface area contributed by atoms with Gasteiger partial charge in [-0.1, -0.05) is 36.4 Å². The first-order valence-electron chi connectivity index (χ1n) is 7.30. The minimum Gasteiger partial charge on any atom is -0.477 e. The molecule has 1 amide bonds. The number of carbonyl (C=O) groups is 2. The van der Waals surface area contributed by atoms with Crippen molar-refractivity contribution in [3.63, 3.8) is 0 Å². The predicted octanol–water partition coefficient (Wildman–Crippen LogP) is 3.09. The van der Waals surface area contributed by atoms with Crippen molar-refractivity contribution < 1.29 is 14.7 Å². The molecule has 1 aromatic heterocycles. The van der Waals surface area contributed by atoms with Crippen LogP contribution in [0.5, 0.6) is 0 Å². The van der Waals surface area contributed by atoms with Crippen LogP contribution in [-0.2, 0) is 4.79 Å². The van der Waals surface area contributed by atoms with Crippen LogP contribution in [0.1, 0.15) is 15.9 Å². The van der Waals surface area contributed by atoms with Crippen LogP contribution in [0.25, 0.3) is 17.0 Å². The molecule has 2 aromatic carbocycles. The number of aliphatic carboxylic acids is 1. The van der Waals surface area contributed by atoms with Gasteiger partial charge in [-0.25, -0.2) is 4.79 Å². The SMILES string of the molecule is O=C(O)/C(=C\c1cnc2ccccc2c1)NC(=O)c1ccccc1. The normalized spacial score (nSPS) is 11.2. The number of benzene rings is 2. The maximum Gasteiger partial charge on any atom is 0.352 e. The Morgan fingerprint density at radius 1 is 1.00 bits per heavy atom. The van der Waals surface area contributed by atoms with E-state index in [1.165, 1.54) is 6.08 Å². The zero-order valence-electron chi connectivity index (χ0n) is 12.6. The number of para-hydroxylation sites is 1. The molecule has 5 heteroatoms. The van der Waals surface area contributed by atoms with Crippen molar-refractivity contribution in [2.75, 3.05) is 0 Å². The molecule has 0 bridgehead atoms. The number of amides is 1. The second-order valence-electron chi connectivity index (χ2n) is 5.14. The average Bonchev–Trinajstić information content (AvgIpc) is 2.61. The highest BCUT2D eigenvalue weighted by molar-refractivity contribution is 6.02. The number of hydrogen-bond acceptors (Lipinski definition) is 3. The Hall–Kier alpha value is -3.47. The van der Waals surface area contributed by atoms with Gasteiger partial charge < -0.3 is 10.4 Å². The van der Waals surface area contributed by atoms with Gasteiger partial charge in [-0.05, 0) is 35.9 Å². The number of fused-ring (bicyclic) bond motifs is 1. The average molecular weight is 318 g/mol. The van der Waals surface area contributed by atoms with Crippen LogP contribution in [0.3, 0.4) is 0 Å². The number of nitrogens with one attached hydrogen (secondary N) is 1. The molecule has 0 aliphatic heterocycles. The number of aromatic nitrogens is 1. The van der Waals surface area contributed by atoms with E-state index >= 15 is 0 Å². The Balaban J connectivity index is 1.90. The van der Waals surface area contributed by atoms with Crippen LogP contribution in [0.4, 0.5) is 0 Å². The van der Waals surface area contributed by atoms with E-state index in [1.807, 2.05) is 30.3 Å². The Morgan fingerprint density at radius 3 is 2.46 bits per heavy atom. The van der Waals surface area contributed by atoms with E-state index in [0.29, 0.717) is 11.1 Å². The van der Waals surface area contributed by atoms with Crippen molar-refractivity contribution in [2.45, 2.75) is 0 Å². The second kappa shape index (κ2) is 6.75. The van der Waals surface area contributed by atoms with Gasteiger partial charge in [0.1, 0.15) is 5.70 Å². The molecule has 118 valence electrons. The van der Waals surface area contributed by atoms with Crippen LogP contribution in [0.2, 0.25) is 0 Å². The molecule has 0 saturated carbocycles. The van der Waals surface area contributed by atoms with Gasteiger partial charge in [-0.2, -0.15) is 0 Å². The molecule has 3 aromatic rings. The van der Waals surface area contributed by atoms with Gasteiger partial charge in [0, 0.05) is 17.1 Å². The Morgan fingerprint density at radius 2 is 1.71 bits per heavy atom. The molecule has 0 unspecified atom stereocenters. The van der Waals surface area contributed by atoms with E-state index in [4.69, 9.17) is 0 Å². The third-order valence-corrected chi connectivity index (χ3v) is 3.44. The summed E-state index contributed by atoms with van der Waals surface area (Å²) in [6, 6.07) is 17.8. The lowest BCUT2D eigenvalue weighted by atomic mass is 10.1. The minimum atomic E-state index is -1.22. The molecule has 0 spiro atoms. The smallest absolute Gasteiger partial charge is 0.352 e. The molecular formula is C19H14N2O3. The molecule has 0 aliphatic carbocycles. The molecule has 0 aliphatic rings. The van der Waals surface area contributed by atoms with Crippen molar-refractivity contribution in [3.05, 3.63) is 83.7 Å². The first kappa shape index (κ1) is 15.4. The van der Waals surface area contributed by atoms with Gasteiger partial charge in [0.2, 0.25) is 0 Å². The van der Waals surface area contributed by atoms with Crippen LogP contribution in [0.15, 0.2) is 72.6 Å². The van der Waals surface area contributed by atoms with Crippen molar-refractivity contribution in [1.82, 2.24) is 10.3 Å². The van der Waals surface area contributed by atoms with Crippen molar-refractivity contribution >= 4 is 28.9 Å². The highest BCUT2D eigenvalue weighted by Gasteiger charge is 2.13. The van der Waals surface area contributed by atoms with E-state index in [-0.39, 0.29) is 5.70 Å². The zero-order valence-corrected chi connectivity index (χ0v) is 12.6. The lowest BCUT2D eigenvalue weighted by Crippen LogP contribution is -2.27. The highest BCUT2D eigenvalue weighted by atomic mass is 16.4. The lowest BCUT2D eigenvalue weighted by Gasteiger charge is -2.06. The molecule has 0 radical (unpaired) electrons. The number of rotatable bonds is 4. The largest absolute Gasteiger partial charge is 0.477 e. The van der Waals surface area contributed by atoms with E-state index < -0.39 is 11.9 Å². The molecule has 0 saturated heterocycles. The molecule has 5 nitrogen and oxygen atoms in total. The fraction of sp³-hybridized carbons (Fsp3) is 0. The van der Waals surface area contributed by atoms with Gasteiger partial charge in [-0.3, -0.25) is 9.78 Å². The van der Waals surface area contributed by atoms with Crippen molar-refractivity contribution in [2.24, 2.45) is 0 Å². The second-order valence-corrected chi connectivity index (χ2v) is 5.14. The number of carboxylic acid groups (broad SMARTS) is 1. The number of carboxylic acids is 1. The molecule has 24 heavy (non-hydrogen) atoms. The first-order chi connectivity index (χ1) is 11.6. The van der Waals surface area contributed by atoms with Crippen LogP contribution >= 0.6 is 0 Å². The van der Waals surface area contributed by atoms with Gasteiger partial charge in [0.15, 0.2) is 0 Å². The summed E-state index contributed by atoms with van der Waals surface area (Å²) in [5, 5.41) is 12.7. The number of hydrogen-bond donors (Lipinski definition) is 2. The van der Waals surface area contributed by atoms with Crippen LogP contribution in [-0.4, -0.2) is 22.0 Å². The van der Waals surface area contributed by atoms with Gasteiger partial charge in [0.05, 0.1) is 5.52 Å². The Kier molecular flexibility index (Phi) is 4.34. The molecule has 2 N–H and O–H groups in total. The fourth-order valence-electron chi connectivity index (χ4n) is 2.27. The molecular weight excluding hydrogens is 304 g/mol. The van der Waals surface area contributed by atoms with E-state index in [1.54, 1.807) is 36.5 Å². The molecule has 0 fully saturated rings. The summed E-state index contributed by atoms with van der Waals surface area (Å²) >= 11 is 0. The van der Waals surface area contributed by atoms with Crippen LogP contribution in [0, 0.1) is 0 Å². The number of carbonyl (C=O) groups excluding carboxylic acids is 1. The maximum absolute atomic E-state index is 12.1. The van der Waals surface area contributed by atoms with E-state index in [9.17, 15) is 14.7 Å². The summed E-state index contributed by atoms with van der Waals surface area (Å²) in [4.78, 5) is 27.8. The van der Waals surface area contributed by atoms with Crippen molar-refractivity contribution in [3.8, 4) is 0 Å². The maximum atomic E-state index is 12.1. The van der Waals surface area contributed by atoms with Crippen LogP contribution < -0.4 is 5.32 Å². The summed E-state index contributed by atoms with van der Waals surface area (Å²) in [7, 11) is 0.